The largest absolute Gasteiger partial charge is 0.481 e. The molecule has 1 aliphatic rings. The van der Waals surface area contributed by atoms with Gasteiger partial charge in [0.2, 0.25) is 0 Å². The van der Waals surface area contributed by atoms with Crippen LogP contribution in [-0.4, -0.2) is 17.2 Å². The van der Waals surface area contributed by atoms with Crippen molar-refractivity contribution in [2.45, 2.75) is 38.4 Å². The van der Waals surface area contributed by atoms with Crippen LogP contribution in [0.1, 0.15) is 30.6 Å². The molecular weight excluding hydrogens is 224 g/mol. The van der Waals surface area contributed by atoms with Crippen molar-refractivity contribution in [3.8, 4) is 0 Å². The van der Waals surface area contributed by atoms with Crippen LogP contribution in [0.15, 0.2) is 17.5 Å². The first kappa shape index (κ1) is 11.6. The quantitative estimate of drug-likeness (QED) is 0.880. The Morgan fingerprint density at radius 2 is 2.31 bits per heavy atom. The highest BCUT2D eigenvalue weighted by Crippen LogP contribution is 2.28. The number of carboxylic acids is 1. The van der Waals surface area contributed by atoms with Crippen LogP contribution in [0.25, 0.3) is 0 Å². The van der Waals surface area contributed by atoms with Crippen LogP contribution in [0.2, 0.25) is 0 Å². The summed E-state index contributed by atoms with van der Waals surface area (Å²) in [5.41, 5.74) is 0. The van der Waals surface area contributed by atoms with E-state index >= 15 is 0 Å². The molecule has 1 aliphatic carbocycles. The van der Waals surface area contributed by atoms with E-state index in [0.29, 0.717) is 6.61 Å². The Kier molecular flexibility index (Phi) is 3.96. The SMILES string of the molecule is O=C(O)C1CCCCC1OCc1cccs1. The molecule has 2 rings (SSSR count). The van der Waals surface area contributed by atoms with Crippen molar-refractivity contribution in [1.82, 2.24) is 0 Å². The first-order valence-corrected chi connectivity index (χ1v) is 6.52. The van der Waals surface area contributed by atoms with Gasteiger partial charge in [-0.25, -0.2) is 0 Å². The van der Waals surface area contributed by atoms with Gasteiger partial charge in [0.25, 0.3) is 0 Å². The Hall–Kier alpha value is -0.870. The van der Waals surface area contributed by atoms with Gasteiger partial charge in [-0.3, -0.25) is 4.79 Å². The van der Waals surface area contributed by atoms with E-state index in [0.717, 1.165) is 30.6 Å². The van der Waals surface area contributed by atoms with Crippen molar-refractivity contribution >= 4 is 17.3 Å². The number of hydrogen-bond acceptors (Lipinski definition) is 3. The lowest BCUT2D eigenvalue weighted by Crippen LogP contribution is -2.33. The molecule has 0 radical (unpaired) electrons. The van der Waals surface area contributed by atoms with Gasteiger partial charge in [-0.15, -0.1) is 11.3 Å². The minimum Gasteiger partial charge on any atom is -0.481 e. The summed E-state index contributed by atoms with van der Waals surface area (Å²) in [7, 11) is 0. The number of carbonyl (C=O) groups is 1. The van der Waals surface area contributed by atoms with Gasteiger partial charge in [0.05, 0.1) is 18.6 Å². The topological polar surface area (TPSA) is 46.5 Å². The zero-order chi connectivity index (χ0) is 11.4. The molecule has 88 valence electrons. The zero-order valence-corrected chi connectivity index (χ0v) is 9.91. The Bertz CT molecular complexity index is 334. The third-order valence-corrected chi connectivity index (χ3v) is 3.89. The summed E-state index contributed by atoms with van der Waals surface area (Å²) in [6, 6.07) is 4.00. The maximum absolute atomic E-state index is 11.0. The monoisotopic (exact) mass is 240 g/mol. The Labute approximate surface area is 99.1 Å². The van der Waals surface area contributed by atoms with E-state index < -0.39 is 5.97 Å². The van der Waals surface area contributed by atoms with Gasteiger partial charge >= 0.3 is 5.97 Å². The standard InChI is InChI=1S/C12H16O3S/c13-12(14)10-5-1-2-6-11(10)15-8-9-4-3-7-16-9/h3-4,7,10-11H,1-2,5-6,8H2,(H,13,14). The smallest absolute Gasteiger partial charge is 0.309 e. The number of aliphatic carboxylic acids is 1. The molecule has 1 N–H and O–H groups in total. The third-order valence-electron chi connectivity index (χ3n) is 3.04. The fraction of sp³-hybridized carbons (Fsp3) is 0.583. The zero-order valence-electron chi connectivity index (χ0n) is 9.09. The van der Waals surface area contributed by atoms with Gasteiger partial charge < -0.3 is 9.84 Å². The van der Waals surface area contributed by atoms with Crippen molar-refractivity contribution in [3.63, 3.8) is 0 Å². The molecule has 4 heteroatoms. The van der Waals surface area contributed by atoms with Gasteiger partial charge in [-0.1, -0.05) is 18.9 Å². The predicted octanol–water partition coefficient (Wildman–Crippen LogP) is 2.91. The number of carboxylic acid groups (broad SMARTS) is 1. The molecule has 2 unspecified atom stereocenters. The molecule has 0 aromatic carbocycles. The maximum Gasteiger partial charge on any atom is 0.309 e. The minimum atomic E-state index is -0.712. The first-order valence-electron chi connectivity index (χ1n) is 5.64. The molecule has 1 heterocycles. The highest BCUT2D eigenvalue weighted by molar-refractivity contribution is 7.09. The summed E-state index contributed by atoms with van der Waals surface area (Å²) >= 11 is 1.65. The van der Waals surface area contributed by atoms with Crippen LogP contribution in [0.4, 0.5) is 0 Å². The van der Waals surface area contributed by atoms with Crippen molar-refractivity contribution in [1.29, 1.82) is 0 Å². The summed E-state index contributed by atoms with van der Waals surface area (Å²) in [5, 5.41) is 11.1. The second-order valence-electron chi connectivity index (χ2n) is 4.16. The highest BCUT2D eigenvalue weighted by Gasteiger charge is 2.31. The van der Waals surface area contributed by atoms with Crippen LogP contribution in [0, 0.1) is 5.92 Å². The number of rotatable bonds is 4. The van der Waals surface area contributed by atoms with Crippen molar-refractivity contribution < 1.29 is 14.6 Å². The molecule has 16 heavy (non-hydrogen) atoms. The second-order valence-corrected chi connectivity index (χ2v) is 5.19. The summed E-state index contributed by atoms with van der Waals surface area (Å²) in [6.45, 7) is 0.548. The Morgan fingerprint density at radius 3 is 3.00 bits per heavy atom. The fourth-order valence-electron chi connectivity index (χ4n) is 2.16. The summed E-state index contributed by atoms with van der Waals surface area (Å²) < 4.78 is 5.73. The van der Waals surface area contributed by atoms with Gasteiger partial charge in [-0.2, -0.15) is 0 Å². The first-order chi connectivity index (χ1) is 7.77. The molecule has 1 aromatic rings. The van der Waals surface area contributed by atoms with Crippen LogP contribution in [-0.2, 0) is 16.1 Å². The number of thiophene rings is 1. The average Bonchev–Trinajstić information content (AvgIpc) is 2.79. The summed E-state index contributed by atoms with van der Waals surface area (Å²) in [6.07, 6.45) is 3.62. The van der Waals surface area contributed by atoms with Gasteiger partial charge in [0.15, 0.2) is 0 Å². The van der Waals surface area contributed by atoms with Crippen LogP contribution in [0.3, 0.4) is 0 Å². The van der Waals surface area contributed by atoms with E-state index in [1.807, 2.05) is 17.5 Å². The summed E-state index contributed by atoms with van der Waals surface area (Å²) in [5.74, 6) is -1.02. The third kappa shape index (κ3) is 2.83. The maximum atomic E-state index is 11.0. The average molecular weight is 240 g/mol. The molecule has 2 atom stereocenters. The minimum absolute atomic E-state index is 0.103. The Morgan fingerprint density at radius 1 is 1.50 bits per heavy atom. The molecular formula is C12H16O3S. The molecule has 0 bridgehead atoms. The lowest BCUT2D eigenvalue weighted by atomic mass is 9.86. The van der Waals surface area contributed by atoms with E-state index in [-0.39, 0.29) is 12.0 Å². The van der Waals surface area contributed by atoms with Crippen LogP contribution < -0.4 is 0 Å². The Balaban J connectivity index is 1.89. The van der Waals surface area contributed by atoms with Crippen molar-refractivity contribution in [3.05, 3.63) is 22.4 Å². The van der Waals surface area contributed by atoms with Crippen LogP contribution >= 0.6 is 11.3 Å². The highest BCUT2D eigenvalue weighted by atomic mass is 32.1. The normalized spacial score (nSPS) is 25.5. The van der Waals surface area contributed by atoms with Gasteiger partial charge in [0.1, 0.15) is 0 Å². The number of ether oxygens (including phenoxy) is 1. The van der Waals surface area contributed by atoms with Crippen LogP contribution in [0.5, 0.6) is 0 Å². The predicted molar refractivity (Wildman–Crippen MR) is 62.5 cm³/mol. The van der Waals surface area contributed by atoms with Gasteiger partial charge in [-0.05, 0) is 24.3 Å². The molecule has 0 aliphatic heterocycles. The van der Waals surface area contributed by atoms with E-state index in [1.54, 1.807) is 11.3 Å². The molecule has 1 fully saturated rings. The fourth-order valence-corrected chi connectivity index (χ4v) is 2.79. The number of hydrogen-bond donors (Lipinski definition) is 1. The van der Waals surface area contributed by atoms with Gasteiger partial charge in [0, 0.05) is 4.88 Å². The van der Waals surface area contributed by atoms with E-state index in [4.69, 9.17) is 9.84 Å². The molecule has 3 nitrogen and oxygen atoms in total. The molecule has 0 saturated heterocycles. The second kappa shape index (κ2) is 5.46. The molecule has 0 amide bonds. The van der Waals surface area contributed by atoms with E-state index in [1.165, 1.54) is 0 Å². The summed E-state index contributed by atoms with van der Waals surface area (Å²) in [4.78, 5) is 12.2. The van der Waals surface area contributed by atoms with E-state index in [2.05, 4.69) is 0 Å². The van der Waals surface area contributed by atoms with Crippen molar-refractivity contribution in [2.75, 3.05) is 0 Å². The molecule has 1 aromatic heterocycles. The lowest BCUT2D eigenvalue weighted by molar-refractivity contribution is -0.150. The van der Waals surface area contributed by atoms with E-state index in [9.17, 15) is 4.79 Å². The molecule has 0 spiro atoms. The van der Waals surface area contributed by atoms with Crippen molar-refractivity contribution in [2.24, 2.45) is 5.92 Å². The molecule has 1 saturated carbocycles. The lowest BCUT2D eigenvalue weighted by Gasteiger charge is -2.28.